The van der Waals surface area contributed by atoms with Crippen LogP contribution < -0.4 is 5.32 Å². The number of ether oxygens (including phenoxy) is 3. The summed E-state index contributed by atoms with van der Waals surface area (Å²) >= 11 is 3.61. The first-order chi connectivity index (χ1) is 23.1. The lowest BCUT2D eigenvalue weighted by molar-refractivity contribution is -0.162. The van der Waals surface area contributed by atoms with Crippen LogP contribution in [0, 0.1) is 17.3 Å². The van der Waals surface area contributed by atoms with E-state index in [1.165, 1.54) is 12.0 Å². The Labute approximate surface area is 297 Å². The van der Waals surface area contributed by atoms with E-state index in [2.05, 4.69) is 42.0 Å². The van der Waals surface area contributed by atoms with Gasteiger partial charge in [0.1, 0.15) is 29.8 Å². The van der Waals surface area contributed by atoms with Crippen LogP contribution in [-0.4, -0.2) is 101 Å². The minimum absolute atomic E-state index is 0.0677. The Morgan fingerprint density at radius 2 is 1.76 bits per heavy atom. The number of hydrogen-bond acceptors (Lipinski definition) is 8. The highest BCUT2D eigenvalue weighted by Crippen LogP contribution is 2.59. The van der Waals surface area contributed by atoms with Gasteiger partial charge in [0, 0.05) is 43.2 Å². The van der Waals surface area contributed by atoms with Gasteiger partial charge in [-0.05, 0) is 50.2 Å². The molecule has 2 N–H and O–H groups in total. The minimum atomic E-state index is -1.44. The van der Waals surface area contributed by atoms with E-state index in [1.54, 1.807) is 11.0 Å². The number of nitrogens with zero attached hydrogens (tertiary/aromatic N) is 2. The van der Waals surface area contributed by atoms with E-state index in [0.717, 1.165) is 0 Å². The molecule has 2 saturated heterocycles. The molecule has 1 aromatic carbocycles. The fourth-order valence-electron chi connectivity index (χ4n) is 8.33. The van der Waals surface area contributed by atoms with Gasteiger partial charge < -0.3 is 34.4 Å². The van der Waals surface area contributed by atoms with Crippen molar-refractivity contribution >= 4 is 39.6 Å². The second-order valence-corrected chi connectivity index (χ2v) is 16.3. The summed E-state index contributed by atoms with van der Waals surface area (Å²) in [6, 6.07) is 7.30. The Morgan fingerprint density at radius 3 is 2.41 bits per heavy atom. The maximum atomic E-state index is 15.1. The molecule has 4 aliphatic heterocycles. The van der Waals surface area contributed by atoms with Crippen molar-refractivity contribution in [3.05, 3.63) is 58.6 Å². The van der Waals surface area contributed by atoms with Crippen LogP contribution in [0.3, 0.4) is 0 Å². The van der Waals surface area contributed by atoms with Crippen LogP contribution in [0.5, 0.6) is 0 Å². The number of aliphatic hydroxyl groups is 1. The summed E-state index contributed by atoms with van der Waals surface area (Å²) in [5, 5.41) is 12.8. The number of carbonyl (C=O) groups is 4. The van der Waals surface area contributed by atoms with Crippen LogP contribution in [0.25, 0.3) is 0 Å². The molecule has 1 aromatic rings. The van der Waals surface area contributed by atoms with E-state index in [0.29, 0.717) is 22.9 Å². The molecule has 0 saturated carbocycles. The lowest BCUT2D eigenvalue weighted by Crippen LogP contribution is -2.60. The zero-order valence-corrected chi connectivity index (χ0v) is 30.9. The molecule has 49 heavy (non-hydrogen) atoms. The third-order valence-corrected chi connectivity index (χ3v) is 10.6. The number of aliphatic hydroxyl groups excluding tert-OH is 1. The monoisotopic (exact) mass is 743 g/mol. The number of amides is 3. The van der Waals surface area contributed by atoms with Crippen molar-refractivity contribution in [2.45, 2.75) is 95.7 Å². The SMILES string of the molecule is COC[C@@H]1NC(=O)CC/C=C\CN(C(C)(C)CC(C)(C)C)C(=O)[C@H]2N(CCCO)C(=O)[C@@H]3[C@@H](C(=O)O[C@H]1c1ccccc1)[C@@H]1O[C@@]32C=C1Br. The molecule has 0 aromatic heterocycles. The molecule has 0 radical (unpaired) electrons. The predicted molar refractivity (Wildman–Crippen MR) is 186 cm³/mol. The number of methoxy groups -OCH3 is 1. The smallest absolute Gasteiger partial charge is 0.313 e. The summed E-state index contributed by atoms with van der Waals surface area (Å²) in [4.78, 5) is 60.6. The highest BCUT2D eigenvalue weighted by Gasteiger charge is 2.75. The van der Waals surface area contributed by atoms with Crippen molar-refractivity contribution in [2.24, 2.45) is 17.3 Å². The van der Waals surface area contributed by atoms with Crippen LogP contribution in [0.15, 0.2) is 53.0 Å². The first kappa shape index (κ1) is 37.2. The van der Waals surface area contributed by atoms with Gasteiger partial charge in [-0.1, -0.05) is 79.2 Å². The Hall–Kier alpha value is -3.06. The zero-order chi connectivity index (χ0) is 35.7. The van der Waals surface area contributed by atoms with Gasteiger partial charge in [0.2, 0.25) is 17.7 Å². The maximum Gasteiger partial charge on any atom is 0.313 e. The number of allylic oxidation sites excluding steroid dienone is 1. The quantitative estimate of drug-likeness (QED) is 0.301. The van der Waals surface area contributed by atoms with Gasteiger partial charge in [0.15, 0.2) is 0 Å². The molecule has 11 nitrogen and oxygen atoms in total. The number of cyclic esters (lactones) is 1. The van der Waals surface area contributed by atoms with Gasteiger partial charge >= 0.3 is 5.97 Å². The molecule has 1 spiro atoms. The molecule has 7 atom stereocenters. The molecule has 12 heteroatoms. The van der Waals surface area contributed by atoms with Crippen molar-refractivity contribution in [1.29, 1.82) is 0 Å². The van der Waals surface area contributed by atoms with E-state index in [1.807, 2.05) is 56.3 Å². The molecule has 268 valence electrons. The van der Waals surface area contributed by atoms with Gasteiger partial charge in [-0.2, -0.15) is 0 Å². The summed E-state index contributed by atoms with van der Waals surface area (Å²) in [7, 11) is 1.51. The number of rotatable bonds is 8. The van der Waals surface area contributed by atoms with Gasteiger partial charge in [-0.25, -0.2) is 0 Å². The standard InChI is InChI=1S/C37H50BrN3O8/c1-35(2,3)22-36(4,5)41-18-12-8-11-16-26(43)39-25(21-47-6)29(23-14-9-7-10-15-23)48-34(46)27-28-32(44)40(17-13-19-42)31(33(41)45)37(28)20-24(38)30(27)49-37/h7-10,12,14-15,20,25,27-31,42H,11,13,16-19,21-22H2,1-6H3,(H,39,43)/b12-8-/t25-,27+,28-,29-,30+,31+,37-/m0/s1. The van der Waals surface area contributed by atoms with Gasteiger partial charge in [0.25, 0.3) is 0 Å². The Kier molecular flexibility index (Phi) is 11.1. The predicted octanol–water partition coefficient (Wildman–Crippen LogP) is 4.05. The van der Waals surface area contributed by atoms with Crippen LogP contribution in [0.1, 0.15) is 72.0 Å². The molecule has 0 unspecified atom stereocenters. The Balaban J connectivity index is 1.64. The zero-order valence-electron chi connectivity index (χ0n) is 29.3. The van der Waals surface area contributed by atoms with E-state index in [-0.39, 0.29) is 56.4 Å². The van der Waals surface area contributed by atoms with Gasteiger partial charge in [0.05, 0.1) is 18.6 Å². The molecular weight excluding hydrogens is 694 g/mol. The number of likely N-dealkylation sites (tertiary alicyclic amines) is 1. The van der Waals surface area contributed by atoms with Crippen LogP contribution in [-0.2, 0) is 33.4 Å². The average molecular weight is 745 g/mol. The minimum Gasteiger partial charge on any atom is -0.455 e. The molecule has 5 bridgehead atoms. The van der Waals surface area contributed by atoms with Crippen molar-refractivity contribution in [1.82, 2.24) is 15.1 Å². The molecule has 2 fully saturated rings. The summed E-state index contributed by atoms with van der Waals surface area (Å²) in [6.45, 7) is 10.6. The third-order valence-electron chi connectivity index (χ3n) is 9.87. The highest BCUT2D eigenvalue weighted by atomic mass is 79.9. The van der Waals surface area contributed by atoms with E-state index < -0.39 is 59.1 Å². The summed E-state index contributed by atoms with van der Waals surface area (Å²) in [5.74, 6) is -3.72. The maximum absolute atomic E-state index is 15.1. The lowest BCUT2D eigenvalue weighted by Gasteiger charge is -2.45. The summed E-state index contributed by atoms with van der Waals surface area (Å²) in [5.41, 5.74) is -1.56. The summed E-state index contributed by atoms with van der Waals surface area (Å²) in [6.07, 6.45) is 5.29. The summed E-state index contributed by atoms with van der Waals surface area (Å²) < 4.78 is 19.0. The number of esters is 1. The lowest BCUT2D eigenvalue weighted by atomic mass is 9.74. The number of halogens is 1. The largest absolute Gasteiger partial charge is 0.455 e. The molecule has 4 heterocycles. The van der Waals surface area contributed by atoms with Gasteiger partial charge in [-0.3, -0.25) is 19.2 Å². The average Bonchev–Trinajstić information content (AvgIpc) is 3.61. The Morgan fingerprint density at radius 1 is 1.04 bits per heavy atom. The van der Waals surface area contributed by atoms with Crippen molar-refractivity contribution < 1.29 is 38.5 Å². The molecule has 4 aliphatic rings. The van der Waals surface area contributed by atoms with Crippen LogP contribution in [0.2, 0.25) is 0 Å². The molecule has 0 aliphatic carbocycles. The number of nitrogens with one attached hydrogen (secondary N) is 1. The molecule has 3 amide bonds. The van der Waals surface area contributed by atoms with E-state index in [4.69, 9.17) is 14.2 Å². The van der Waals surface area contributed by atoms with Crippen LogP contribution >= 0.6 is 15.9 Å². The number of carbonyl (C=O) groups excluding carboxylic acids is 4. The van der Waals surface area contributed by atoms with E-state index >= 15 is 4.79 Å². The van der Waals surface area contributed by atoms with Crippen molar-refractivity contribution in [3.8, 4) is 0 Å². The normalized spacial score (nSPS) is 31.8. The highest BCUT2D eigenvalue weighted by molar-refractivity contribution is 9.11. The second kappa shape index (κ2) is 14.7. The number of benzene rings is 1. The topological polar surface area (TPSA) is 135 Å². The van der Waals surface area contributed by atoms with E-state index in [9.17, 15) is 19.5 Å². The molecule has 5 rings (SSSR count). The van der Waals surface area contributed by atoms with Crippen molar-refractivity contribution in [3.63, 3.8) is 0 Å². The fourth-order valence-corrected chi connectivity index (χ4v) is 9.06. The first-order valence-electron chi connectivity index (χ1n) is 17.1. The van der Waals surface area contributed by atoms with Gasteiger partial charge in [-0.15, -0.1) is 0 Å². The van der Waals surface area contributed by atoms with Crippen molar-refractivity contribution in [2.75, 3.05) is 33.4 Å². The second-order valence-electron chi connectivity index (χ2n) is 15.3. The fraction of sp³-hybridized carbons (Fsp3) is 0.622. The third kappa shape index (κ3) is 7.38. The Bertz CT molecular complexity index is 1470. The number of fused-ring (bicyclic) bond motifs is 2. The molecular formula is C37H50BrN3O8. The number of hydrogen-bond donors (Lipinski definition) is 2. The first-order valence-corrected chi connectivity index (χ1v) is 17.9. The van der Waals surface area contributed by atoms with Crippen LogP contribution in [0.4, 0.5) is 0 Å².